The lowest BCUT2D eigenvalue weighted by atomic mass is 10.1. The Morgan fingerprint density at radius 3 is 2.58 bits per heavy atom. The summed E-state index contributed by atoms with van der Waals surface area (Å²) in [6, 6.07) is 10.0. The number of para-hydroxylation sites is 1. The van der Waals surface area contributed by atoms with E-state index < -0.39 is 0 Å². The van der Waals surface area contributed by atoms with Crippen molar-refractivity contribution in [1.82, 2.24) is 0 Å². The molecule has 0 spiro atoms. The van der Waals surface area contributed by atoms with E-state index in [1.807, 2.05) is 36.5 Å². The van der Waals surface area contributed by atoms with Crippen molar-refractivity contribution in [3.05, 3.63) is 30.3 Å². The maximum Gasteiger partial charge on any atom is 0.0625 e. The average Bonchev–Trinajstić information content (AvgIpc) is 2.16. The minimum absolute atomic E-state index is 0.574. The number of hydrogen-bond acceptors (Lipinski definition) is 1. The van der Waals surface area contributed by atoms with Gasteiger partial charge in [0.25, 0.3) is 0 Å². The zero-order valence-electron chi connectivity index (χ0n) is 7.70. The van der Waals surface area contributed by atoms with Gasteiger partial charge in [0.05, 0.1) is 5.69 Å². The van der Waals surface area contributed by atoms with Crippen LogP contribution in [-0.4, -0.2) is 6.21 Å². The van der Waals surface area contributed by atoms with Crippen LogP contribution in [0.25, 0.3) is 0 Å². The van der Waals surface area contributed by atoms with Crippen LogP contribution in [-0.2, 0) is 0 Å². The zero-order chi connectivity index (χ0) is 8.81. The molecular formula is C11H15N. The number of nitrogens with zero attached hydrogens (tertiary/aromatic N) is 1. The molecule has 1 aromatic rings. The van der Waals surface area contributed by atoms with Crippen LogP contribution in [0, 0.1) is 5.92 Å². The third-order valence-corrected chi connectivity index (χ3v) is 1.88. The van der Waals surface area contributed by atoms with Crippen LogP contribution >= 0.6 is 0 Å². The normalized spacial score (nSPS) is 13.5. The van der Waals surface area contributed by atoms with Crippen molar-refractivity contribution in [2.45, 2.75) is 20.3 Å². The minimum Gasteiger partial charge on any atom is -0.261 e. The van der Waals surface area contributed by atoms with Crippen molar-refractivity contribution in [2.75, 3.05) is 0 Å². The molecule has 0 aliphatic carbocycles. The number of aliphatic imine (C=N–C) groups is 1. The maximum atomic E-state index is 4.35. The van der Waals surface area contributed by atoms with Crippen LogP contribution in [0.4, 0.5) is 5.69 Å². The van der Waals surface area contributed by atoms with Crippen molar-refractivity contribution in [3.8, 4) is 0 Å². The summed E-state index contributed by atoms with van der Waals surface area (Å²) in [5.74, 6) is 0.574. The Bertz CT molecular complexity index is 238. The highest BCUT2D eigenvalue weighted by molar-refractivity contribution is 5.65. The van der Waals surface area contributed by atoms with Crippen molar-refractivity contribution < 1.29 is 0 Å². The van der Waals surface area contributed by atoms with E-state index in [0.717, 1.165) is 12.1 Å². The van der Waals surface area contributed by atoms with Crippen LogP contribution in [0.2, 0.25) is 0 Å². The van der Waals surface area contributed by atoms with Gasteiger partial charge < -0.3 is 0 Å². The second-order valence-electron chi connectivity index (χ2n) is 3.00. The third kappa shape index (κ3) is 2.87. The van der Waals surface area contributed by atoms with Gasteiger partial charge in [-0.2, -0.15) is 0 Å². The quantitative estimate of drug-likeness (QED) is 0.602. The van der Waals surface area contributed by atoms with Gasteiger partial charge >= 0.3 is 0 Å². The number of benzene rings is 1. The molecule has 0 fully saturated rings. The molecule has 0 aromatic heterocycles. The fraction of sp³-hybridized carbons (Fsp3) is 0.364. The molecule has 0 radical (unpaired) electrons. The maximum absolute atomic E-state index is 4.35. The Hall–Kier alpha value is -1.11. The number of hydrogen-bond donors (Lipinski definition) is 0. The molecule has 1 rings (SSSR count). The van der Waals surface area contributed by atoms with Gasteiger partial charge in [0.15, 0.2) is 0 Å². The smallest absolute Gasteiger partial charge is 0.0625 e. The first-order chi connectivity index (χ1) is 5.83. The van der Waals surface area contributed by atoms with Crippen molar-refractivity contribution in [3.63, 3.8) is 0 Å². The minimum atomic E-state index is 0.574. The van der Waals surface area contributed by atoms with Crippen LogP contribution in [0.1, 0.15) is 20.3 Å². The second kappa shape index (κ2) is 4.70. The average molecular weight is 161 g/mol. The lowest BCUT2D eigenvalue weighted by molar-refractivity contribution is 0.755. The summed E-state index contributed by atoms with van der Waals surface area (Å²) in [7, 11) is 0. The summed E-state index contributed by atoms with van der Waals surface area (Å²) >= 11 is 0. The van der Waals surface area contributed by atoms with E-state index in [4.69, 9.17) is 0 Å². The monoisotopic (exact) mass is 161 g/mol. The molecule has 0 bridgehead atoms. The number of rotatable bonds is 3. The van der Waals surface area contributed by atoms with E-state index in [-0.39, 0.29) is 0 Å². The Balaban J connectivity index is 2.58. The van der Waals surface area contributed by atoms with Gasteiger partial charge in [0.2, 0.25) is 0 Å². The molecule has 0 aliphatic rings. The van der Waals surface area contributed by atoms with Crippen molar-refractivity contribution >= 4 is 11.9 Å². The van der Waals surface area contributed by atoms with Gasteiger partial charge in [-0.25, -0.2) is 0 Å². The Kier molecular flexibility index (Phi) is 3.52. The standard InChI is InChI=1S/C11H15N/c1-3-10(2)9-12-11-7-5-4-6-8-11/h4-10H,3H2,1-2H3. The van der Waals surface area contributed by atoms with E-state index >= 15 is 0 Å². The van der Waals surface area contributed by atoms with Crippen molar-refractivity contribution in [2.24, 2.45) is 10.9 Å². The second-order valence-corrected chi connectivity index (χ2v) is 3.00. The van der Waals surface area contributed by atoms with Gasteiger partial charge in [-0.15, -0.1) is 0 Å². The molecular weight excluding hydrogens is 146 g/mol. The molecule has 0 N–H and O–H groups in total. The fourth-order valence-corrected chi connectivity index (χ4v) is 0.833. The van der Waals surface area contributed by atoms with Gasteiger partial charge in [-0.05, 0) is 24.5 Å². The first-order valence-electron chi connectivity index (χ1n) is 4.42. The molecule has 1 unspecified atom stereocenters. The predicted molar refractivity (Wildman–Crippen MR) is 54.0 cm³/mol. The molecule has 0 saturated carbocycles. The van der Waals surface area contributed by atoms with Gasteiger partial charge in [0, 0.05) is 6.21 Å². The van der Waals surface area contributed by atoms with E-state index in [2.05, 4.69) is 18.8 Å². The fourth-order valence-electron chi connectivity index (χ4n) is 0.833. The van der Waals surface area contributed by atoms with Gasteiger partial charge in [-0.3, -0.25) is 4.99 Å². The molecule has 1 aromatic carbocycles. The molecule has 1 atom stereocenters. The molecule has 12 heavy (non-hydrogen) atoms. The van der Waals surface area contributed by atoms with Crippen molar-refractivity contribution in [1.29, 1.82) is 0 Å². The molecule has 0 heterocycles. The molecule has 64 valence electrons. The molecule has 1 nitrogen and oxygen atoms in total. The van der Waals surface area contributed by atoms with E-state index in [1.54, 1.807) is 0 Å². The van der Waals surface area contributed by atoms with Crippen LogP contribution in [0.5, 0.6) is 0 Å². The summed E-state index contributed by atoms with van der Waals surface area (Å²) in [6.07, 6.45) is 3.16. The zero-order valence-corrected chi connectivity index (χ0v) is 7.70. The van der Waals surface area contributed by atoms with Gasteiger partial charge in [0.1, 0.15) is 0 Å². The molecule has 0 aliphatic heterocycles. The van der Waals surface area contributed by atoms with Crippen LogP contribution in [0.3, 0.4) is 0 Å². The summed E-state index contributed by atoms with van der Waals surface area (Å²) < 4.78 is 0. The lowest BCUT2D eigenvalue weighted by Gasteiger charge is -1.98. The Morgan fingerprint density at radius 1 is 1.33 bits per heavy atom. The Labute approximate surface area is 74.2 Å². The summed E-state index contributed by atoms with van der Waals surface area (Å²) in [5, 5.41) is 0. The van der Waals surface area contributed by atoms with Crippen LogP contribution in [0.15, 0.2) is 35.3 Å². The highest BCUT2D eigenvalue weighted by Gasteiger charge is 1.91. The Morgan fingerprint density at radius 2 is 2.00 bits per heavy atom. The van der Waals surface area contributed by atoms with E-state index in [0.29, 0.717) is 5.92 Å². The first-order valence-corrected chi connectivity index (χ1v) is 4.42. The highest BCUT2D eigenvalue weighted by atomic mass is 14.7. The third-order valence-electron chi connectivity index (χ3n) is 1.88. The first kappa shape index (κ1) is 8.98. The largest absolute Gasteiger partial charge is 0.261 e. The molecule has 1 heteroatoms. The topological polar surface area (TPSA) is 12.4 Å². The summed E-state index contributed by atoms with van der Waals surface area (Å²) in [4.78, 5) is 4.35. The highest BCUT2D eigenvalue weighted by Crippen LogP contribution is 2.09. The summed E-state index contributed by atoms with van der Waals surface area (Å²) in [6.45, 7) is 4.34. The van der Waals surface area contributed by atoms with Crippen LogP contribution < -0.4 is 0 Å². The SMILES string of the molecule is CCC(C)C=Nc1ccccc1. The van der Waals surface area contributed by atoms with E-state index in [1.165, 1.54) is 0 Å². The molecule has 0 saturated heterocycles. The molecule has 0 amide bonds. The lowest BCUT2D eigenvalue weighted by Crippen LogP contribution is -1.91. The predicted octanol–water partition coefficient (Wildman–Crippen LogP) is 3.44. The van der Waals surface area contributed by atoms with Gasteiger partial charge in [-0.1, -0.05) is 32.0 Å². The van der Waals surface area contributed by atoms with E-state index in [9.17, 15) is 0 Å². The summed E-state index contributed by atoms with van der Waals surface area (Å²) in [5.41, 5.74) is 1.04.